The van der Waals surface area contributed by atoms with Gasteiger partial charge in [0.05, 0.1) is 25.8 Å². The summed E-state index contributed by atoms with van der Waals surface area (Å²) < 4.78 is 1.88. The van der Waals surface area contributed by atoms with Crippen molar-refractivity contribution in [1.29, 1.82) is 0 Å². The second kappa shape index (κ2) is 12.1. The molecule has 0 aliphatic heterocycles. The number of nitrogens with one attached hydrogen (secondary N) is 1. The number of hydrogen-bond acceptors (Lipinski definition) is 3. The summed E-state index contributed by atoms with van der Waals surface area (Å²) in [5, 5.41) is 7.48. The normalized spacial score (nSPS) is 11.0. The first-order chi connectivity index (χ1) is 11.0. The Hall–Kier alpha value is -1.32. The number of aromatic nitrogens is 2. The van der Waals surface area contributed by atoms with Gasteiger partial charge in [-0.1, -0.05) is 0 Å². The topological polar surface area (TPSA) is 65.8 Å². The zero-order valence-corrected chi connectivity index (χ0v) is 17.8. The number of aryl methyl sites for hydroxylation is 1. The molecule has 0 saturated carbocycles. The van der Waals surface area contributed by atoms with Crippen molar-refractivity contribution in [2.45, 2.75) is 34.2 Å². The maximum absolute atomic E-state index is 12.2. The Bertz CT molecular complexity index is 512. The van der Waals surface area contributed by atoms with Crippen LogP contribution < -0.4 is 5.32 Å². The summed E-state index contributed by atoms with van der Waals surface area (Å²) in [7, 11) is 1.89. The van der Waals surface area contributed by atoms with Gasteiger partial charge in [0.25, 0.3) is 0 Å². The maximum Gasteiger partial charge on any atom is 0.242 e. The minimum atomic E-state index is 0. The molecule has 7 nitrogen and oxygen atoms in total. The number of hydrogen-bond donors (Lipinski definition) is 1. The zero-order chi connectivity index (χ0) is 17.2. The SMILES string of the molecule is CCNC(=NCCn1cc(C)cn1)N(C)CC(=O)N(CC)CC.I. The third-order valence-electron chi connectivity index (χ3n) is 3.54. The molecule has 24 heavy (non-hydrogen) atoms. The molecule has 0 aliphatic rings. The molecule has 0 atom stereocenters. The number of amides is 1. The standard InChI is InChI=1S/C16H30N6O.HI/c1-6-17-16(18-9-10-22-12-14(4)11-19-22)20(5)13-15(23)21(7-2)8-3;/h11-12H,6-10,13H2,1-5H3,(H,17,18);1H. The van der Waals surface area contributed by atoms with Crippen LogP contribution in [-0.2, 0) is 11.3 Å². The van der Waals surface area contributed by atoms with Crippen molar-refractivity contribution in [3.05, 3.63) is 18.0 Å². The number of likely N-dealkylation sites (N-methyl/N-ethyl adjacent to an activating group) is 2. The average molecular weight is 450 g/mol. The minimum absolute atomic E-state index is 0. The number of guanidine groups is 1. The molecule has 138 valence electrons. The van der Waals surface area contributed by atoms with Crippen LogP contribution in [-0.4, -0.2) is 71.2 Å². The highest BCUT2D eigenvalue weighted by molar-refractivity contribution is 14.0. The number of nitrogens with zero attached hydrogens (tertiary/aromatic N) is 5. The summed E-state index contributed by atoms with van der Waals surface area (Å²) in [6.07, 6.45) is 3.83. The largest absolute Gasteiger partial charge is 0.357 e. The molecular formula is C16H31IN6O. The van der Waals surface area contributed by atoms with Gasteiger partial charge in [0, 0.05) is 32.9 Å². The van der Waals surface area contributed by atoms with E-state index < -0.39 is 0 Å². The lowest BCUT2D eigenvalue weighted by atomic mass is 10.4. The van der Waals surface area contributed by atoms with Gasteiger partial charge < -0.3 is 15.1 Å². The van der Waals surface area contributed by atoms with Crippen LogP contribution in [0.3, 0.4) is 0 Å². The van der Waals surface area contributed by atoms with Gasteiger partial charge in [0.15, 0.2) is 5.96 Å². The fourth-order valence-electron chi connectivity index (χ4n) is 2.27. The summed E-state index contributed by atoms with van der Waals surface area (Å²) in [4.78, 5) is 20.5. The van der Waals surface area contributed by atoms with Crippen molar-refractivity contribution >= 4 is 35.8 Å². The smallest absolute Gasteiger partial charge is 0.242 e. The van der Waals surface area contributed by atoms with Crippen molar-refractivity contribution < 1.29 is 4.79 Å². The highest BCUT2D eigenvalue weighted by Crippen LogP contribution is 1.96. The van der Waals surface area contributed by atoms with Crippen LogP contribution in [0.4, 0.5) is 0 Å². The van der Waals surface area contributed by atoms with Gasteiger partial charge in [-0.25, -0.2) is 0 Å². The van der Waals surface area contributed by atoms with Gasteiger partial charge in [0.2, 0.25) is 5.91 Å². The van der Waals surface area contributed by atoms with E-state index in [-0.39, 0.29) is 29.9 Å². The van der Waals surface area contributed by atoms with Crippen LogP contribution in [0.1, 0.15) is 26.3 Å². The van der Waals surface area contributed by atoms with Gasteiger partial charge >= 0.3 is 0 Å². The van der Waals surface area contributed by atoms with Crippen LogP contribution >= 0.6 is 24.0 Å². The van der Waals surface area contributed by atoms with Gasteiger partial charge in [-0.2, -0.15) is 5.10 Å². The van der Waals surface area contributed by atoms with E-state index in [4.69, 9.17) is 0 Å². The third-order valence-corrected chi connectivity index (χ3v) is 3.54. The average Bonchev–Trinajstić information content (AvgIpc) is 2.93. The highest BCUT2D eigenvalue weighted by Gasteiger charge is 2.14. The zero-order valence-electron chi connectivity index (χ0n) is 15.4. The molecule has 1 N–H and O–H groups in total. The lowest BCUT2D eigenvalue weighted by Crippen LogP contribution is -2.45. The number of carbonyl (C=O) groups excluding carboxylic acids is 1. The van der Waals surface area contributed by atoms with Gasteiger partial charge in [-0.3, -0.25) is 14.5 Å². The molecule has 0 unspecified atom stereocenters. The molecule has 1 aromatic heterocycles. The predicted molar refractivity (Wildman–Crippen MR) is 109 cm³/mol. The van der Waals surface area contributed by atoms with E-state index in [0.717, 1.165) is 37.7 Å². The summed E-state index contributed by atoms with van der Waals surface area (Å²) >= 11 is 0. The number of carbonyl (C=O) groups is 1. The molecule has 0 radical (unpaired) electrons. The van der Waals surface area contributed by atoms with E-state index in [9.17, 15) is 4.79 Å². The Labute approximate surface area is 162 Å². The van der Waals surface area contributed by atoms with E-state index in [1.54, 1.807) is 0 Å². The monoisotopic (exact) mass is 450 g/mol. The van der Waals surface area contributed by atoms with Gasteiger partial charge in [0.1, 0.15) is 0 Å². The molecule has 8 heteroatoms. The second-order valence-electron chi connectivity index (χ2n) is 5.44. The predicted octanol–water partition coefficient (Wildman–Crippen LogP) is 1.58. The van der Waals surface area contributed by atoms with Crippen molar-refractivity contribution in [1.82, 2.24) is 24.9 Å². The first kappa shape index (κ1) is 22.7. The summed E-state index contributed by atoms with van der Waals surface area (Å²) in [5.41, 5.74) is 1.14. The van der Waals surface area contributed by atoms with E-state index in [0.29, 0.717) is 13.1 Å². The lowest BCUT2D eigenvalue weighted by Gasteiger charge is -2.25. The summed E-state index contributed by atoms with van der Waals surface area (Å²) in [6.45, 7) is 11.9. The molecule has 1 rings (SSSR count). The Morgan fingerprint density at radius 1 is 1.33 bits per heavy atom. The molecule has 1 heterocycles. The number of aliphatic imine (C=N–C) groups is 1. The van der Waals surface area contributed by atoms with E-state index in [1.807, 2.05) is 61.6 Å². The minimum Gasteiger partial charge on any atom is -0.357 e. The quantitative estimate of drug-likeness (QED) is 0.371. The molecular weight excluding hydrogens is 419 g/mol. The second-order valence-corrected chi connectivity index (χ2v) is 5.44. The molecule has 0 aliphatic carbocycles. The summed E-state index contributed by atoms with van der Waals surface area (Å²) in [5.74, 6) is 0.864. The van der Waals surface area contributed by atoms with Crippen LogP contribution in [0, 0.1) is 6.92 Å². The van der Waals surface area contributed by atoms with E-state index in [1.165, 1.54) is 0 Å². The Morgan fingerprint density at radius 2 is 2.00 bits per heavy atom. The first-order valence-corrected chi connectivity index (χ1v) is 8.28. The Morgan fingerprint density at radius 3 is 2.50 bits per heavy atom. The molecule has 0 saturated heterocycles. The maximum atomic E-state index is 12.2. The van der Waals surface area contributed by atoms with Crippen molar-refractivity contribution in [3.8, 4) is 0 Å². The molecule has 1 amide bonds. The fourth-order valence-corrected chi connectivity index (χ4v) is 2.27. The van der Waals surface area contributed by atoms with Gasteiger partial charge in [-0.15, -0.1) is 24.0 Å². The Kier molecular flexibility index (Phi) is 11.4. The van der Waals surface area contributed by atoms with Gasteiger partial charge in [-0.05, 0) is 33.3 Å². The summed E-state index contributed by atoms with van der Waals surface area (Å²) in [6, 6.07) is 0. The fraction of sp³-hybridized carbons (Fsp3) is 0.688. The molecule has 1 aromatic rings. The molecule has 0 spiro atoms. The lowest BCUT2D eigenvalue weighted by molar-refractivity contribution is -0.131. The van der Waals surface area contributed by atoms with Crippen LogP contribution in [0.2, 0.25) is 0 Å². The first-order valence-electron chi connectivity index (χ1n) is 8.28. The molecule has 0 bridgehead atoms. The van der Waals surface area contributed by atoms with E-state index in [2.05, 4.69) is 15.4 Å². The Balaban J connectivity index is 0.00000529. The third kappa shape index (κ3) is 7.50. The van der Waals surface area contributed by atoms with Crippen molar-refractivity contribution in [3.63, 3.8) is 0 Å². The number of halogens is 1. The van der Waals surface area contributed by atoms with Crippen LogP contribution in [0.5, 0.6) is 0 Å². The van der Waals surface area contributed by atoms with Crippen LogP contribution in [0.25, 0.3) is 0 Å². The highest BCUT2D eigenvalue weighted by atomic mass is 127. The van der Waals surface area contributed by atoms with Crippen molar-refractivity contribution in [2.24, 2.45) is 4.99 Å². The number of rotatable bonds is 8. The van der Waals surface area contributed by atoms with Crippen molar-refractivity contribution in [2.75, 3.05) is 39.8 Å². The van der Waals surface area contributed by atoms with Crippen LogP contribution in [0.15, 0.2) is 17.4 Å². The van der Waals surface area contributed by atoms with E-state index >= 15 is 0 Å². The molecule has 0 fully saturated rings. The molecule has 0 aromatic carbocycles.